The van der Waals surface area contributed by atoms with Crippen LogP contribution in [0.5, 0.6) is 0 Å². The zero-order valence-corrected chi connectivity index (χ0v) is 18.0. The topological polar surface area (TPSA) is 46.5 Å². The van der Waals surface area contributed by atoms with E-state index in [1.807, 2.05) is 66.7 Å². The molecule has 1 aliphatic rings. The van der Waals surface area contributed by atoms with Crippen LogP contribution in [0.25, 0.3) is 22.0 Å². The lowest BCUT2D eigenvalue weighted by Crippen LogP contribution is -2.38. The fourth-order valence-electron chi connectivity index (χ4n) is 4.30. The zero-order chi connectivity index (χ0) is 21.8. The predicted molar refractivity (Wildman–Crippen MR) is 129 cm³/mol. The highest BCUT2D eigenvalue weighted by Crippen LogP contribution is 2.25. The van der Waals surface area contributed by atoms with Gasteiger partial charge in [-0.1, -0.05) is 48.5 Å². The van der Waals surface area contributed by atoms with Crippen molar-refractivity contribution in [2.45, 2.75) is 6.54 Å². The van der Waals surface area contributed by atoms with E-state index in [-0.39, 0.29) is 5.91 Å². The highest BCUT2D eigenvalue weighted by atomic mass is 16.5. The van der Waals surface area contributed by atoms with Crippen LogP contribution < -0.4 is 5.32 Å². The number of hydrogen-bond acceptors (Lipinski definition) is 3. The van der Waals surface area contributed by atoms with Crippen molar-refractivity contribution < 1.29 is 9.53 Å². The number of carbonyl (C=O) groups excluding carboxylic acids is 1. The summed E-state index contributed by atoms with van der Waals surface area (Å²) in [6, 6.07) is 26.0. The van der Waals surface area contributed by atoms with Gasteiger partial charge < -0.3 is 14.6 Å². The van der Waals surface area contributed by atoms with Crippen LogP contribution in [-0.4, -0.2) is 48.2 Å². The number of rotatable bonds is 6. The first kappa shape index (κ1) is 20.5. The molecule has 0 bridgehead atoms. The van der Waals surface area contributed by atoms with E-state index < -0.39 is 0 Å². The monoisotopic (exact) mass is 425 g/mol. The molecule has 1 fully saturated rings. The highest BCUT2D eigenvalue weighted by Gasteiger charge is 2.14. The second-order valence-corrected chi connectivity index (χ2v) is 8.10. The third-order valence-electron chi connectivity index (χ3n) is 6.05. The molecule has 0 saturated carbocycles. The summed E-state index contributed by atoms with van der Waals surface area (Å²) in [6.45, 7) is 5.60. The average molecular weight is 426 g/mol. The van der Waals surface area contributed by atoms with Gasteiger partial charge in [0.25, 0.3) is 5.91 Å². The smallest absolute Gasteiger partial charge is 0.256 e. The van der Waals surface area contributed by atoms with Gasteiger partial charge in [0.15, 0.2) is 0 Å². The number of ether oxygens (including phenoxy) is 1. The number of nitrogens with one attached hydrogen (secondary N) is 1. The van der Waals surface area contributed by atoms with Gasteiger partial charge in [0.2, 0.25) is 0 Å². The van der Waals surface area contributed by atoms with Gasteiger partial charge in [0.05, 0.1) is 13.2 Å². The van der Waals surface area contributed by atoms with Crippen molar-refractivity contribution in [2.75, 3.05) is 38.2 Å². The Morgan fingerprint density at radius 3 is 2.50 bits per heavy atom. The fourth-order valence-corrected chi connectivity index (χ4v) is 4.30. The Balaban J connectivity index is 1.31. The zero-order valence-electron chi connectivity index (χ0n) is 18.0. The molecule has 5 rings (SSSR count). The fraction of sp³-hybridized carbons (Fsp3) is 0.222. The second-order valence-electron chi connectivity index (χ2n) is 8.10. The van der Waals surface area contributed by atoms with E-state index in [0.29, 0.717) is 5.56 Å². The van der Waals surface area contributed by atoms with Crippen molar-refractivity contribution in [1.82, 2.24) is 9.47 Å². The standard InChI is InChI=1S/C27H27N3O2/c31-27(25-9-5-4-8-24(25)21-6-2-1-3-7-21)28-23-10-11-26-22(20-23)12-13-30(26)15-14-29-16-18-32-19-17-29/h1-13,20H,14-19H2,(H,28,31). The maximum absolute atomic E-state index is 13.1. The maximum Gasteiger partial charge on any atom is 0.256 e. The van der Waals surface area contributed by atoms with Gasteiger partial charge in [-0.3, -0.25) is 9.69 Å². The van der Waals surface area contributed by atoms with Gasteiger partial charge in [-0.05, 0) is 41.5 Å². The van der Waals surface area contributed by atoms with E-state index in [2.05, 4.69) is 33.1 Å². The second kappa shape index (κ2) is 9.39. The quantitative estimate of drug-likeness (QED) is 0.478. The lowest BCUT2D eigenvalue weighted by atomic mass is 9.99. The predicted octanol–water partition coefficient (Wildman–Crippen LogP) is 4.89. The van der Waals surface area contributed by atoms with Crippen LogP contribution in [0.2, 0.25) is 0 Å². The summed E-state index contributed by atoms with van der Waals surface area (Å²) in [5.74, 6) is -0.101. The van der Waals surface area contributed by atoms with Crippen LogP contribution in [0, 0.1) is 0 Å². The largest absolute Gasteiger partial charge is 0.379 e. The Kier molecular flexibility index (Phi) is 6.01. The minimum absolute atomic E-state index is 0.101. The Morgan fingerprint density at radius 1 is 0.875 bits per heavy atom. The number of carbonyl (C=O) groups is 1. The van der Waals surface area contributed by atoms with Crippen LogP contribution in [0.4, 0.5) is 5.69 Å². The summed E-state index contributed by atoms with van der Waals surface area (Å²) < 4.78 is 7.71. The number of fused-ring (bicyclic) bond motifs is 1. The maximum atomic E-state index is 13.1. The minimum atomic E-state index is -0.101. The molecule has 1 N–H and O–H groups in total. The first-order valence-corrected chi connectivity index (χ1v) is 11.1. The SMILES string of the molecule is O=C(Nc1ccc2c(ccn2CCN2CCOCC2)c1)c1ccccc1-c1ccccc1. The number of nitrogens with zero attached hydrogens (tertiary/aromatic N) is 2. The van der Waals surface area contributed by atoms with E-state index >= 15 is 0 Å². The van der Waals surface area contributed by atoms with Crippen molar-refractivity contribution in [3.8, 4) is 11.1 Å². The molecule has 32 heavy (non-hydrogen) atoms. The number of morpholine rings is 1. The molecule has 3 aromatic carbocycles. The normalized spacial score (nSPS) is 14.5. The first-order valence-electron chi connectivity index (χ1n) is 11.1. The minimum Gasteiger partial charge on any atom is -0.379 e. The molecule has 0 spiro atoms. The van der Waals surface area contributed by atoms with E-state index in [9.17, 15) is 4.79 Å². The van der Waals surface area contributed by atoms with Crippen LogP contribution in [0.3, 0.4) is 0 Å². The van der Waals surface area contributed by atoms with Crippen molar-refractivity contribution in [1.29, 1.82) is 0 Å². The van der Waals surface area contributed by atoms with Crippen LogP contribution in [0.15, 0.2) is 85.1 Å². The third-order valence-corrected chi connectivity index (χ3v) is 6.05. The third kappa shape index (κ3) is 4.44. The Morgan fingerprint density at radius 2 is 1.66 bits per heavy atom. The number of hydrogen-bond donors (Lipinski definition) is 1. The first-order chi connectivity index (χ1) is 15.8. The number of amides is 1. The van der Waals surface area contributed by atoms with Crippen molar-refractivity contribution >= 4 is 22.5 Å². The molecule has 0 atom stereocenters. The molecule has 2 heterocycles. The van der Waals surface area contributed by atoms with Gasteiger partial charge in [-0.2, -0.15) is 0 Å². The molecular weight excluding hydrogens is 398 g/mol. The molecule has 0 unspecified atom stereocenters. The van der Waals surface area contributed by atoms with E-state index in [4.69, 9.17) is 4.74 Å². The number of anilines is 1. The van der Waals surface area contributed by atoms with E-state index in [0.717, 1.165) is 61.6 Å². The van der Waals surface area contributed by atoms with Gasteiger partial charge in [0, 0.05) is 54.5 Å². The van der Waals surface area contributed by atoms with Crippen LogP contribution >= 0.6 is 0 Å². The van der Waals surface area contributed by atoms with Crippen LogP contribution in [0.1, 0.15) is 10.4 Å². The van der Waals surface area contributed by atoms with Gasteiger partial charge in [-0.15, -0.1) is 0 Å². The van der Waals surface area contributed by atoms with E-state index in [1.54, 1.807) is 0 Å². The van der Waals surface area contributed by atoms with Crippen molar-refractivity contribution in [3.63, 3.8) is 0 Å². The molecule has 5 nitrogen and oxygen atoms in total. The van der Waals surface area contributed by atoms with Gasteiger partial charge in [0.1, 0.15) is 0 Å². The molecule has 5 heteroatoms. The summed E-state index contributed by atoms with van der Waals surface area (Å²) in [6.07, 6.45) is 2.13. The Bertz CT molecular complexity index is 1210. The molecule has 1 saturated heterocycles. The van der Waals surface area contributed by atoms with E-state index in [1.165, 1.54) is 5.52 Å². The number of aromatic nitrogens is 1. The summed E-state index contributed by atoms with van der Waals surface area (Å²) >= 11 is 0. The molecule has 0 aliphatic carbocycles. The van der Waals surface area contributed by atoms with Crippen molar-refractivity contribution in [2.24, 2.45) is 0 Å². The molecule has 4 aromatic rings. The van der Waals surface area contributed by atoms with Gasteiger partial charge >= 0.3 is 0 Å². The summed E-state index contributed by atoms with van der Waals surface area (Å²) in [7, 11) is 0. The Labute approximate surface area is 188 Å². The lowest BCUT2D eigenvalue weighted by molar-refractivity contribution is 0.0365. The summed E-state index contributed by atoms with van der Waals surface area (Å²) in [5.41, 5.74) is 4.62. The van der Waals surface area contributed by atoms with Gasteiger partial charge in [-0.25, -0.2) is 0 Å². The molecule has 1 amide bonds. The Hall–Kier alpha value is -3.41. The van der Waals surface area contributed by atoms with Crippen LogP contribution in [-0.2, 0) is 11.3 Å². The van der Waals surface area contributed by atoms with Crippen molar-refractivity contribution in [3.05, 3.63) is 90.6 Å². The lowest BCUT2D eigenvalue weighted by Gasteiger charge is -2.26. The molecule has 1 aromatic heterocycles. The molecule has 1 aliphatic heterocycles. The highest BCUT2D eigenvalue weighted by molar-refractivity contribution is 6.09. The summed E-state index contributed by atoms with van der Waals surface area (Å²) in [5, 5.41) is 4.21. The molecule has 162 valence electrons. The summed E-state index contributed by atoms with van der Waals surface area (Å²) in [4.78, 5) is 15.5. The molecule has 0 radical (unpaired) electrons. The average Bonchev–Trinajstić information content (AvgIpc) is 3.26. The molecular formula is C27H27N3O2. The number of benzene rings is 3.